The van der Waals surface area contributed by atoms with Crippen molar-refractivity contribution in [3.63, 3.8) is 0 Å². The van der Waals surface area contributed by atoms with Crippen LogP contribution in [0.25, 0.3) is 0 Å². The van der Waals surface area contributed by atoms with Gasteiger partial charge in [-0.1, -0.05) is 71.2 Å². The van der Waals surface area contributed by atoms with Crippen molar-refractivity contribution < 1.29 is 17.9 Å². The summed E-state index contributed by atoms with van der Waals surface area (Å²) in [5.74, 6) is -0.711. The molecule has 5 nitrogen and oxygen atoms in total. The molecule has 0 spiro atoms. The smallest absolute Gasteiger partial charge is 0.338 e. The van der Waals surface area contributed by atoms with Crippen LogP contribution in [0, 0.1) is 0 Å². The summed E-state index contributed by atoms with van der Waals surface area (Å²) in [6.07, 6.45) is 0. The Hall–Kier alpha value is -2.09. The molecule has 0 bridgehead atoms. The van der Waals surface area contributed by atoms with Crippen LogP contribution < -0.4 is 4.72 Å². The van der Waals surface area contributed by atoms with Gasteiger partial charge in [0.05, 0.1) is 10.6 Å². The van der Waals surface area contributed by atoms with Gasteiger partial charge >= 0.3 is 5.97 Å². The number of sulfonamides is 1. The highest BCUT2D eigenvalue weighted by Crippen LogP contribution is 2.25. The maximum atomic E-state index is 12.7. The average Bonchev–Trinajstić information content (AvgIpc) is 2.72. The van der Waals surface area contributed by atoms with Crippen molar-refractivity contribution in [1.82, 2.24) is 4.72 Å². The summed E-state index contributed by atoms with van der Waals surface area (Å²) in [5, 5.41) is 0.818. The number of halogens is 3. The van der Waals surface area contributed by atoms with Gasteiger partial charge in [-0.25, -0.2) is 17.9 Å². The lowest BCUT2D eigenvalue weighted by molar-refractivity contribution is 0.0472. The molecule has 0 saturated heterocycles. The second kappa shape index (κ2) is 9.81. The lowest BCUT2D eigenvalue weighted by atomic mass is 10.2. The van der Waals surface area contributed by atoms with Crippen LogP contribution in [-0.4, -0.2) is 14.4 Å². The molecule has 0 aliphatic carbocycles. The number of carbonyl (C=O) groups excluding carboxylic acids is 1. The Bertz CT molecular complexity index is 1170. The van der Waals surface area contributed by atoms with Crippen LogP contribution in [0.2, 0.25) is 15.1 Å². The molecule has 156 valence electrons. The minimum atomic E-state index is -3.95. The van der Waals surface area contributed by atoms with E-state index >= 15 is 0 Å². The van der Waals surface area contributed by atoms with Gasteiger partial charge in [0.15, 0.2) is 0 Å². The fourth-order valence-corrected chi connectivity index (χ4v) is 4.56. The van der Waals surface area contributed by atoms with Gasteiger partial charge < -0.3 is 4.74 Å². The molecule has 0 amide bonds. The Morgan fingerprint density at radius 1 is 0.900 bits per heavy atom. The highest BCUT2D eigenvalue weighted by atomic mass is 35.5. The fourth-order valence-electron chi connectivity index (χ4n) is 2.55. The van der Waals surface area contributed by atoms with Gasteiger partial charge in [0.25, 0.3) is 0 Å². The van der Waals surface area contributed by atoms with Crippen molar-refractivity contribution in [3.8, 4) is 0 Å². The van der Waals surface area contributed by atoms with E-state index in [0.29, 0.717) is 15.6 Å². The van der Waals surface area contributed by atoms with Crippen molar-refractivity contribution in [3.05, 3.63) is 98.5 Å². The third kappa shape index (κ3) is 5.74. The predicted octanol–water partition coefficient (Wildman–Crippen LogP) is 5.48. The summed E-state index contributed by atoms with van der Waals surface area (Å²) in [4.78, 5) is 12.2. The molecular formula is C21H16Cl3NO4S. The summed E-state index contributed by atoms with van der Waals surface area (Å²) in [7, 11) is -3.95. The van der Waals surface area contributed by atoms with Gasteiger partial charge in [0, 0.05) is 22.2 Å². The van der Waals surface area contributed by atoms with Gasteiger partial charge in [-0.05, 0) is 35.9 Å². The Morgan fingerprint density at radius 3 is 2.33 bits per heavy atom. The van der Waals surface area contributed by atoms with Crippen LogP contribution in [-0.2, 0) is 27.9 Å². The summed E-state index contributed by atoms with van der Waals surface area (Å²) < 4.78 is 33.1. The van der Waals surface area contributed by atoms with Crippen LogP contribution in [0.4, 0.5) is 0 Å². The maximum Gasteiger partial charge on any atom is 0.338 e. The lowest BCUT2D eigenvalue weighted by Crippen LogP contribution is -2.24. The molecule has 3 rings (SSSR count). The SMILES string of the molecule is O=C(OCc1ccc(Cl)cc1Cl)c1ccc(Cl)c(S(=O)(=O)NCc2ccccc2)c1. The zero-order chi connectivity index (χ0) is 21.7. The van der Waals surface area contributed by atoms with Crippen molar-refractivity contribution >= 4 is 50.8 Å². The molecule has 3 aromatic rings. The molecule has 0 fully saturated rings. The van der Waals surface area contributed by atoms with E-state index in [-0.39, 0.29) is 28.6 Å². The van der Waals surface area contributed by atoms with Crippen molar-refractivity contribution in [2.75, 3.05) is 0 Å². The minimum Gasteiger partial charge on any atom is -0.457 e. The first-order chi connectivity index (χ1) is 14.3. The van der Waals surface area contributed by atoms with Gasteiger partial charge in [0.1, 0.15) is 11.5 Å². The van der Waals surface area contributed by atoms with E-state index < -0.39 is 16.0 Å². The van der Waals surface area contributed by atoms with E-state index in [2.05, 4.69) is 4.72 Å². The molecule has 9 heteroatoms. The Kier molecular flexibility index (Phi) is 7.39. The van der Waals surface area contributed by atoms with Crippen molar-refractivity contribution in [1.29, 1.82) is 0 Å². The first-order valence-electron chi connectivity index (χ1n) is 8.70. The standard InChI is InChI=1S/C21H16Cl3NO4S/c22-17-8-6-16(19(24)11-17)13-29-21(26)15-7-9-18(23)20(10-15)30(27,28)25-12-14-4-2-1-3-5-14/h1-11,25H,12-13H2. The molecule has 0 aliphatic heterocycles. The summed E-state index contributed by atoms with van der Waals surface area (Å²) in [5.41, 5.74) is 1.40. The van der Waals surface area contributed by atoms with Crippen molar-refractivity contribution in [2.45, 2.75) is 18.0 Å². The number of ether oxygens (including phenoxy) is 1. The molecule has 0 aliphatic rings. The normalized spacial score (nSPS) is 11.3. The predicted molar refractivity (Wildman–Crippen MR) is 118 cm³/mol. The molecule has 30 heavy (non-hydrogen) atoms. The third-order valence-electron chi connectivity index (χ3n) is 4.14. The van der Waals surface area contributed by atoms with Gasteiger partial charge in [-0.2, -0.15) is 0 Å². The number of nitrogens with one attached hydrogen (secondary N) is 1. The summed E-state index contributed by atoms with van der Waals surface area (Å²) in [6.45, 7) is -0.00492. The van der Waals surface area contributed by atoms with E-state index in [9.17, 15) is 13.2 Å². The van der Waals surface area contributed by atoms with E-state index in [1.54, 1.807) is 36.4 Å². The second-order valence-corrected chi connectivity index (χ2v) is 9.25. The molecule has 0 heterocycles. The number of esters is 1. The second-order valence-electron chi connectivity index (χ2n) is 6.27. The quantitative estimate of drug-likeness (QED) is 0.451. The maximum absolute atomic E-state index is 12.7. The number of carbonyl (C=O) groups is 1. The van der Waals surface area contributed by atoms with Gasteiger partial charge in [-0.3, -0.25) is 0 Å². The molecule has 0 radical (unpaired) electrons. The summed E-state index contributed by atoms with van der Waals surface area (Å²) in [6, 6.07) is 17.8. The van der Waals surface area contributed by atoms with Crippen LogP contribution >= 0.6 is 34.8 Å². The zero-order valence-electron chi connectivity index (χ0n) is 15.4. The number of rotatable bonds is 7. The molecule has 0 saturated carbocycles. The monoisotopic (exact) mass is 483 g/mol. The molecule has 0 atom stereocenters. The fraction of sp³-hybridized carbons (Fsp3) is 0.0952. The van der Waals surface area contributed by atoms with E-state index in [4.69, 9.17) is 39.5 Å². The lowest BCUT2D eigenvalue weighted by Gasteiger charge is -2.11. The van der Waals surface area contributed by atoms with Gasteiger partial charge in [-0.15, -0.1) is 0 Å². The van der Waals surface area contributed by atoms with Crippen LogP contribution in [0.1, 0.15) is 21.5 Å². The van der Waals surface area contributed by atoms with E-state index in [0.717, 1.165) is 5.56 Å². The first-order valence-corrected chi connectivity index (χ1v) is 11.3. The zero-order valence-corrected chi connectivity index (χ0v) is 18.5. The molecule has 0 unspecified atom stereocenters. The van der Waals surface area contributed by atoms with Crippen LogP contribution in [0.3, 0.4) is 0 Å². The van der Waals surface area contributed by atoms with Crippen LogP contribution in [0.5, 0.6) is 0 Å². The molecule has 3 aromatic carbocycles. The van der Waals surface area contributed by atoms with E-state index in [1.807, 2.05) is 6.07 Å². The molecule has 1 N–H and O–H groups in total. The summed E-state index contributed by atoms with van der Waals surface area (Å²) >= 11 is 18.0. The number of benzene rings is 3. The van der Waals surface area contributed by atoms with Gasteiger partial charge in [0.2, 0.25) is 10.0 Å². The van der Waals surface area contributed by atoms with Crippen molar-refractivity contribution in [2.24, 2.45) is 0 Å². The highest BCUT2D eigenvalue weighted by Gasteiger charge is 2.21. The highest BCUT2D eigenvalue weighted by molar-refractivity contribution is 7.89. The molecular weight excluding hydrogens is 469 g/mol. The minimum absolute atomic E-state index is 0.00661. The Morgan fingerprint density at radius 2 is 1.63 bits per heavy atom. The van der Waals surface area contributed by atoms with E-state index in [1.165, 1.54) is 24.3 Å². The topological polar surface area (TPSA) is 72.5 Å². The number of hydrogen-bond acceptors (Lipinski definition) is 4. The Balaban J connectivity index is 1.74. The molecule has 0 aromatic heterocycles. The largest absolute Gasteiger partial charge is 0.457 e. The van der Waals surface area contributed by atoms with Crippen LogP contribution in [0.15, 0.2) is 71.6 Å². The third-order valence-corrected chi connectivity index (χ3v) is 6.61. The number of hydrogen-bond donors (Lipinski definition) is 1. The first kappa shape index (κ1) is 22.6. The average molecular weight is 485 g/mol. The Labute approximate surface area is 189 Å².